The van der Waals surface area contributed by atoms with Crippen LogP contribution in [0.4, 0.5) is 17.2 Å². The van der Waals surface area contributed by atoms with Gasteiger partial charge in [-0.1, -0.05) is 17.7 Å². The van der Waals surface area contributed by atoms with E-state index in [0.717, 1.165) is 11.3 Å². The molecule has 1 aliphatic heterocycles. The number of pyridine rings is 1. The fourth-order valence-electron chi connectivity index (χ4n) is 1.75. The summed E-state index contributed by atoms with van der Waals surface area (Å²) in [5.41, 5.74) is 2.88. The zero-order chi connectivity index (χ0) is 12.5. The Morgan fingerprint density at radius 1 is 1.28 bits per heavy atom. The first-order chi connectivity index (χ1) is 8.78. The van der Waals surface area contributed by atoms with Crippen LogP contribution in [0.25, 0.3) is 0 Å². The third-order valence-corrected chi connectivity index (χ3v) is 2.95. The SMILES string of the molecule is N#Cc1ccc2c(c1)Nc1nccc(Cl)c1N=C2. The van der Waals surface area contributed by atoms with Gasteiger partial charge in [-0.2, -0.15) is 5.26 Å². The lowest BCUT2D eigenvalue weighted by Crippen LogP contribution is -1.96. The average Bonchev–Trinajstić information content (AvgIpc) is 2.57. The number of anilines is 2. The summed E-state index contributed by atoms with van der Waals surface area (Å²) in [6, 6.07) is 9.14. The van der Waals surface area contributed by atoms with E-state index in [2.05, 4.69) is 21.4 Å². The summed E-state index contributed by atoms with van der Waals surface area (Å²) in [5.74, 6) is 0.590. The van der Waals surface area contributed by atoms with E-state index >= 15 is 0 Å². The molecule has 1 aliphatic rings. The highest BCUT2D eigenvalue weighted by Gasteiger charge is 2.13. The molecule has 0 atom stereocenters. The number of halogens is 1. The van der Waals surface area contributed by atoms with Gasteiger partial charge in [-0.3, -0.25) is 4.99 Å². The lowest BCUT2D eigenvalue weighted by molar-refractivity contribution is 1.30. The Morgan fingerprint density at radius 3 is 3.00 bits per heavy atom. The Balaban J connectivity index is 2.18. The maximum atomic E-state index is 8.90. The van der Waals surface area contributed by atoms with Crippen LogP contribution in [-0.2, 0) is 0 Å². The lowest BCUT2D eigenvalue weighted by Gasteiger charge is -2.08. The topological polar surface area (TPSA) is 61.1 Å². The van der Waals surface area contributed by atoms with Crippen LogP contribution in [0.2, 0.25) is 5.02 Å². The second-order valence-corrected chi connectivity index (χ2v) is 4.19. The first kappa shape index (κ1) is 10.8. The van der Waals surface area contributed by atoms with E-state index in [1.54, 1.807) is 30.6 Å². The monoisotopic (exact) mass is 254 g/mol. The first-order valence-corrected chi connectivity index (χ1v) is 5.65. The molecule has 18 heavy (non-hydrogen) atoms. The predicted octanol–water partition coefficient (Wildman–Crippen LogP) is 3.41. The fraction of sp³-hybridized carbons (Fsp3) is 0. The van der Waals surface area contributed by atoms with Gasteiger partial charge < -0.3 is 5.32 Å². The molecule has 0 unspecified atom stereocenters. The van der Waals surface area contributed by atoms with Gasteiger partial charge in [0.1, 0.15) is 5.69 Å². The quantitative estimate of drug-likeness (QED) is 0.669. The standard InChI is InChI=1S/C13H7ClN4/c14-10-3-4-16-13-12(10)17-7-9-2-1-8(6-15)5-11(9)18-13/h1-5,7H,(H,16,18). The molecule has 0 saturated carbocycles. The van der Waals surface area contributed by atoms with Crippen LogP contribution in [0, 0.1) is 11.3 Å². The smallest absolute Gasteiger partial charge is 0.157 e. The third kappa shape index (κ3) is 1.71. The Bertz CT molecular complexity index is 701. The molecule has 0 amide bonds. The summed E-state index contributed by atoms with van der Waals surface area (Å²) in [4.78, 5) is 8.52. The van der Waals surface area contributed by atoms with Crippen molar-refractivity contribution in [1.82, 2.24) is 4.98 Å². The van der Waals surface area contributed by atoms with Gasteiger partial charge in [-0.05, 0) is 18.2 Å². The molecule has 86 valence electrons. The maximum absolute atomic E-state index is 8.90. The summed E-state index contributed by atoms with van der Waals surface area (Å²) in [6.45, 7) is 0. The molecular weight excluding hydrogens is 248 g/mol. The molecule has 1 aromatic heterocycles. The van der Waals surface area contributed by atoms with Crippen molar-refractivity contribution in [2.24, 2.45) is 4.99 Å². The molecule has 0 aliphatic carbocycles. The Hall–Kier alpha value is -2.38. The molecule has 0 fully saturated rings. The van der Waals surface area contributed by atoms with Crippen molar-refractivity contribution in [3.8, 4) is 6.07 Å². The molecule has 2 heterocycles. The summed E-state index contributed by atoms with van der Waals surface area (Å²) in [6.07, 6.45) is 3.33. The van der Waals surface area contributed by atoms with Gasteiger partial charge in [0, 0.05) is 23.7 Å². The summed E-state index contributed by atoms with van der Waals surface area (Å²) >= 11 is 6.07. The lowest BCUT2D eigenvalue weighted by atomic mass is 10.1. The maximum Gasteiger partial charge on any atom is 0.157 e. The molecule has 2 aromatic rings. The summed E-state index contributed by atoms with van der Waals surface area (Å²) in [7, 11) is 0. The zero-order valence-corrected chi connectivity index (χ0v) is 9.94. The van der Waals surface area contributed by atoms with Crippen LogP contribution in [0.15, 0.2) is 35.5 Å². The van der Waals surface area contributed by atoms with E-state index in [0.29, 0.717) is 22.1 Å². The molecule has 0 saturated heterocycles. The number of hydrogen-bond donors (Lipinski definition) is 1. The molecule has 0 bridgehead atoms. The molecular formula is C13H7ClN4. The van der Waals surface area contributed by atoms with Gasteiger partial charge in [0.05, 0.1) is 16.7 Å². The Morgan fingerprint density at radius 2 is 2.17 bits per heavy atom. The van der Waals surface area contributed by atoms with Gasteiger partial charge in [-0.15, -0.1) is 0 Å². The second-order valence-electron chi connectivity index (χ2n) is 3.79. The van der Waals surface area contributed by atoms with Gasteiger partial charge >= 0.3 is 0 Å². The summed E-state index contributed by atoms with van der Waals surface area (Å²) in [5, 5.41) is 12.6. The summed E-state index contributed by atoms with van der Waals surface area (Å²) < 4.78 is 0. The van der Waals surface area contributed by atoms with Crippen molar-refractivity contribution in [3.63, 3.8) is 0 Å². The minimum atomic E-state index is 0.539. The highest BCUT2D eigenvalue weighted by atomic mass is 35.5. The highest BCUT2D eigenvalue weighted by Crippen LogP contribution is 2.35. The number of aromatic nitrogens is 1. The van der Waals surface area contributed by atoms with E-state index in [1.165, 1.54) is 0 Å². The van der Waals surface area contributed by atoms with Crippen molar-refractivity contribution in [3.05, 3.63) is 46.6 Å². The third-order valence-electron chi connectivity index (χ3n) is 2.64. The first-order valence-electron chi connectivity index (χ1n) is 5.27. The minimum absolute atomic E-state index is 0.539. The second kappa shape index (κ2) is 4.13. The van der Waals surface area contributed by atoms with Crippen molar-refractivity contribution in [2.75, 3.05) is 5.32 Å². The molecule has 0 radical (unpaired) electrons. The molecule has 3 rings (SSSR count). The van der Waals surface area contributed by atoms with Crippen molar-refractivity contribution >= 4 is 35.0 Å². The highest BCUT2D eigenvalue weighted by molar-refractivity contribution is 6.33. The van der Waals surface area contributed by atoms with Crippen molar-refractivity contribution in [2.45, 2.75) is 0 Å². The van der Waals surface area contributed by atoms with Gasteiger partial charge in [-0.25, -0.2) is 4.98 Å². The average molecular weight is 255 g/mol. The normalized spacial score (nSPS) is 11.8. The van der Waals surface area contributed by atoms with Gasteiger partial charge in [0.2, 0.25) is 0 Å². The number of aliphatic imine (C=N–C) groups is 1. The fourth-order valence-corrected chi connectivity index (χ4v) is 1.95. The van der Waals surface area contributed by atoms with Crippen LogP contribution < -0.4 is 5.32 Å². The predicted molar refractivity (Wildman–Crippen MR) is 70.9 cm³/mol. The van der Waals surface area contributed by atoms with Crippen LogP contribution >= 0.6 is 11.6 Å². The van der Waals surface area contributed by atoms with Crippen molar-refractivity contribution in [1.29, 1.82) is 5.26 Å². The van der Waals surface area contributed by atoms with E-state index in [9.17, 15) is 0 Å². The van der Waals surface area contributed by atoms with Gasteiger partial charge in [0.25, 0.3) is 0 Å². The molecule has 1 aromatic carbocycles. The minimum Gasteiger partial charge on any atom is -0.338 e. The number of rotatable bonds is 0. The van der Waals surface area contributed by atoms with Crippen molar-refractivity contribution < 1.29 is 0 Å². The Labute approximate surface area is 109 Å². The van der Waals surface area contributed by atoms with Crippen LogP contribution in [0.1, 0.15) is 11.1 Å². The van der Waals surface area contributed by atoms with Crippen LogP contribution in [0.5, 0.6) is 0 Å². The Kier molecular flexibility index (Phi) is 2.47. The van der Waals surface area contributed by atoms with E-state index in [4.69, 9.17) is 16.9 Å². The number of benzene rings is 1. The number of nitrogens with zero attached hydrogens (tertiary/aromatic N) is 3. The molecule has 0 spiro atoms. The van der Waals surface area contributed by atoms with Crippen LogP contribution in [-0.4, -0.2) is 11.2 Å². The molecule has 4 nitrogen and oxygen atoms in total. The number of hydrogen-bond acceptors (Lipinski definition) is 4. The largest absolute Gasteiger partial charge is 0.338 e. The van der Waals surface area contributed by atoms with E-state index in [1.807, 2.05) is 6.07 Å². The van der Waals surface area contributed by atoms with Crippen LogP contribution in [0.3, 0.4) is 0 Å². The van der Waals surface area contributed by atoms with E-state index in [-0.39, 0.29) is 0 Å². The number of nitrogens with one attached hydrogen (secondary N) is 1. The van der Waals surface area contributed by atoms with E-state index < -0.39 is 0 Å². The number of nitriles is 1. The zero-order valence-electron chi connectivity index (χ0n) is 9.18. The molecule has 5 heteroatoms. The van der Waals surface area contributed by atoms with Gasteiger partial charge in [0.15, 0.2) is 5.82 Å². The number of fused-ring (bicyclic) bond motifs is 2. The molecule has 1 N–H and O–H groups in total.